The van der Waals surface area contributed by atoms with Gasteiger partial charge in [0.05, 0.1) is 43.7 Å². The van der Waals surface area contributed by atoms with Gasteiger partial charge >= 0.3 is 5.97 Å². The summed E-state index contributed by atoms with van der Waals surface area (Å²) in [5.74, 6) is -0.0991. The summed E-state index contributed by atoms with van der Waals surface area (Å²) in [4.78, 5) is 13.6. The van der Waals surface area contributed by atoms with Crippen LogP contribution in [0.15, 0.2) is 65.6 Å². The van der Waals surface area contributed by atoms with E-state index in [1.165, 1.54) is 23.5 Å². The summed E-state index contributed by atoms with van der Waals surface area (Å²) in [6, 6.07) is 13.6. The highest BCUT2D eigenvalue weighted by Crippen LogP contribution is 2.34. The number of methoxy groups -OCH3 is 1. The summed E-state index contributed by atoms with van der Waals surface area (Å²) in [7, 11) is -2.45. The zero-order valence-electron chi connectivity index (χ0n) is 26.0. The molecular formula is C33H44N2O9S. The third-order valence-corrected chi connectivity index (χ3v) is 10.2. The number of aliphatic hydroxyl groups is 1. The van der Waals surface area contributed by atoms with E-state index in [4.69, 9.17) is 23.7 Å². The molecule has 5 rings (SSSR count). The number of benzene rings is 2. The minimum atomic E-state index is -3.96. The van der Waals surface area contributed by atoms with Gasteiger partial charge in [0, 0.05) is 31.6 Å². The van der Waals surface area contributed by atoms with Crippen LogP contribution in [0.25, 0.3) is 0 Å². The lowest BCUT2D eigenvalue weighted by atomic mass is 9.90. The van der Waals surface area contributed by atoms with E-state index in [1.54, 1.807) is 12.1 Å². The highest BCUT2D eigenvalue weighted by molar-refractivity contribution is 7.89. The highest BCUT2D eigenvalue weighted by Gasteiger charge is 2.49. The molecule has 12 heteroatoms. The average Bonchev–Trinajstić information content (AvgIpc) is 3.60. The van der Waals surface area contributed by atoms with Crippen LogP contribution in [0.3, 0.4) is 0 Å². The Morgan fingerprint density at radius 3 is 2.58 bits per heavy atom. The molecule has 0 spiro atoms. The number of nitrogens with one attached hydrogen (secondary N) is 1. The van der Waals surface area contributed by atoms with E-state index in [9.17, 15) is 18.3 Å². The topological polar surface area (TPSA) is 133 Å². The van der Waals surface area contributed by atoms with E-state index in [1.807, 2.05) is 50.3 Å². The van der Waals surface area contributed by atoms with Crippen molar-refractivity contribution >= 4 is 16.0 Å². The molecule has 2 saturated heterocycles. The standard InChI is InChI=1S/C33H44N2O9S/c1-22(2)18-35(45(38,39)27-11-9-25(40-3)10-12-27)19-29(36)24-15-23-7-6-8-26(16-23)41-14-5-4-13-34-28-20-42-33-32(28)30(21-43-33)44-31(37)17-24/h4-12,16,22,24,28-30,32-34,36H,13-15,17-21H2,1-3H3/t24-,28+,29-,30+,32+,33-/m1/s1. The first kappa shape index (κ1) is 33.4. The quantitative estimate of drug-likeness (QED) is 0.327. The Hall–Kier alpha value is -3.00. The number of sulfonamides is 1. The van der Waals surface area contributed by atoms with Crippen LogP contribution in [0.4, 0.5) is 0 Å². The molecule has 2 aromatic carbocycles. The minimum absolute atomic E-state index is 0.00958. The van der Waals surface area contributed by atoms with Crippen LogP contribution in [0, 0.1) is 17.8 Å². The SMILES string of the molecule is COc1ccc(S(=O)(=O)N(CC(C)C)C[C@@H](O)[C@H]2CC(=O)O[C@H]3CO[C@H]4OC[C@H](NCC=CCOc5cccc(c5)C2)[C@H]43)cc1. The van der Waals surface area contributed by atoms with Crippen LogP contribution in [0.1, 0.15) is 25.8 Å². The number of rotatable bonds is 8. The largest absolute Gasteiger partial charge is 0.497 e. The minimum Gasteiger partial charge on any atom is -0.497 e. The molecule has 2 bridgehead atoms. The van der Waals surface area contributed by atoms with Crippen molar-refractivity contribution in [2.45, 2.75) is 56.1 Å². The van der Waals surface area contributed by atoms with Gasteiger partial charge in [-0.15, -0.1) is 0 Å². The fourth-order valence-corrected chi connectivity index (χ4v) is 7.72. The summed E-state index contributed by atoms with van der Waals surface area (Å²) in [5, 5.41) is 15.1. The van der Waals surface area contributed by atoms with Crippen LogP contribution < -0.4 is 14.8 Å². The molecule has 2 fully saturated rings. The fraction of sp³-hybridized carbons (Fsp3) is 0.545. The maximum atomic E-state index is 13.8. The zero-order valence-corrected chi connectivity index (χ0v) is 26.9. The van der Waals surface area contributed by atoms with Gasteiger partial charge in [-0.3, -0.25) is 4.79 Å². The van der Waals surface area contributed by atoms with Gasteiger partial charge in [0.25, 0.3) is 0 Å². The summed E-state index contributed by atoms with van der Waals surface area (Å²) in [6.45, 7) is 5.48. The van der Waals surface area contributed by atoms with Gasteiger partial charge in [0.1, 0.15) is 24.2 Å². The van der Waals surface area contributed by atoms with Crippen molar-refractivity contribution in [1.82, 2.24) is 9.62 Å². The van der Waals surface area contributed by atoms with Crippen LogP contribution in [-0.2, 0) is 35.4 Å². The smallest absolute Gasteiger partial charge is 0.306 e. The number of aliphatic hydroxyl groups excluding tert-OH is 1. The van der Waals surface area contributed by atoms with Crippen molar-refractivity contribution in [2.24, 2.45) is 17.8 Å². The third kappa shape index (κ3) is 8.43. The van der Waals surface area contributed by atoms with E-state index in [-0.39, 0.29) is 48.9 Å². The van der Waals surface area contributed by atoms with Gasteiger partial charge < -0.3 is 34.1 Å². The first-order chi connectivity index (χ1) is 21.6. The Balaban J connectivity index is 1.40. The van der Waals surface area contributed by atoms with Crippen molar-refractivity contribution in [3.05, 3.63) is 66.2 Å². The molecule has 45 heavy (non-hydrogen) atoms. The lowest BCUT2D eigenvalue weighted by Gasteiger charge is -2.30. The number of nitrogens with zero attached hydrogens (tertiary/aromatic N) is 1. The van der Waals surface area contributed by atoms with Gasteiger partial charge in [-0.05, 0) is 54.3 Å². The second-order valence-corrected chi connectivity index (χ2v) is 14.2. The van der Waals surface area contributed by atoms with Gasteiger partial charge in [-0.1, -0.05) is 38.1 Å². The molecule has 0 unspecified atom stereocenters. The lowest BCUT2D eigenvalue weighted by Crippen LogP contribution is -2.44. The number of esters is 1. The third-order valence-electron chi connectivity index (χ3n) is 8.39. The van der Waals surface area contributed by atoms with Crippen molar-refractivity contribution < 1.29 is 42.0 Å². The van der Waals surface area contributed by atoms with Crippen LogP contribution >= 0.6 is 0 Å². The van der Waals surface area contributed by atoms with E-state index in [2.05, 4.69) is 5.32 Å². The Labute approximate surface area is 265 Å². The van der Waals surface area contributed by atoms with Crippen LogP contribution in [-0.4, -0.2) is 94.9 Å². The summed E-state index contributed by atoms with van der Waals surface area (Å²) in [5.41, 5.74) is 0.848. The molecule has 3 heterocycles. The monoisotopic (exact) mass is 644 g/mol. The van der Waals surface area contributed by atoms with E-state index < -0.39 is 40.4 Å². The zero-order chi connectivity index (χ0) is 32.0. The maximum Gasteiger partial charge on any atom is 0.306 e. The van der Waals surface area contributed by atoms with E-state index >= 15 is 0 Å². The first-order valence-electron chi connectivity index (χ1n) is 15.5. The van der Waals surface area contributed by atoms with Crippen molar-refractivity contribution in [3.63, 3.8) is 0 Å². The molecule has 2 aromatic rings. The fourth-order valence-electron chi connectivity index (χ4n) is 6.10. The van der Waals surface area contributed by atoms with Gasteiger partial charge in [0.2, 0.25) is 10.0 Å². The van der Waals surface area contributed by atoms with Crippen molar-refractivity contribution in [3.8, 4) is 11.5 Å². The molecule has 11 nitrogen and oxygen atoms in total. The van der Waals surface area contributed by atoms with Gasteiger partial charge in [-0.2, -0.15) is 4.31 Å². The Kier molecular flexibility index (Phi) is 11.2. The second kappa shape index (κ2) is 15.1. The molecule has 246 valence electrons. The average molecular weight is 645 g/mol. The molecule has 0 aliphatic carbocycles. The number of hydrogen-bond acceptors (Lipinski definition) is 10. The van der Waals surface area contributed by atoms with Gasteiger partial charge in [-0.25, -0.2) is 8.42 Å². The predicted molar refractivity (Wildman–Crippen MR) is 166 cm³/mol. The molecule has 0 saturated carbocycles. The maximum absolute atomic E-state index is 13.8. The van der Waals surface area contributed by atoms with Crippen molar-refractivity contribution in [1.29, 1.82) is 0 Å². The number of ether oxygens (including phenoxy) is 5. The highest BCUT2D eigenvalue weighted by atomic mass is 32.2. The predicted octanol–water partition coefficient (Wildman–Crippen LogP) is 2.77. The second-order valence-electron chi connectivity index (χ2n) is 12.2. The van der Waals surface area contributed by atoms with E-state index in [0.717, 1.165) is 5.56 Å². The van der Waals surface area contributed by atoms with Crippen LogP contribution in [0.2, 0.25) is 0 Å². The van der Waals surface area contributed by atoms with E-state index in [0.29, 0.717) is 37.7 Å². The number of carbonyl (C=O) groups excluding carboxylic acids is 1. The number of fused-ring (bicyclic) bond motifs is 2. The normalized spacial score (nSPS) is 26.6. The Morgan fingerprint density at radius 1 is 1.04 bits per heavy atom. The summed E-state index contributed by atoms with van der Waals surface area (Å²) in [6.07, 6.45) is 2.00. The molecule has 0 aromatic heterocycles. The molecule has 2 N–H and O–H groups in total. The molecule has 3 aliphatic heterocycles. The summed E-state index contributed by atoms with van der Waals surface area (Å²) >= 11 is 0. The Morgan fingerprint density at radius 2 is 1.82 bits per heavy atom. The molecule has 3 aliphatic rings. The summed E-state index contributed by atoms with van der Waals surface area (Å²) < 4.78 is 57.5. The number of carbonyl (C=O) groups is 1. The lowest BCUT2D eigenvalue weighted by molar-refractivity contribution is -0.153. The molecule has 6 atom stereocenters. The van der Waals surface area contributed by atoms with Crippen LogP contribution in [0.5, 0.6) is 11.5 Å². The number of hydrogen-bond donors (Lipinski definition) is 2. The molecule has 0 radical (unpaired) electrons. The van der Waals surface area contributed by atoms with Gasteiger partial charge in [0.15, 0.2) is 6.29 Å². The molecular weight excluding hydrogens is 600 g/mol. The van der Waals surface area contributed by atoms with Crippen molar-refractivity contribution in [2.75, 3.05) is 46.6 Å². The molecule has 0 amide bonds. The first-order valence-corrected chi connectivity index (χ1v) is 16.9. The Bertz CT molecular complexity index is 1420.